The number of halogens is 4. The third-order valence-electron chi connectivity index (χ3n) is 2.65. The molecular formula is C14H10BrF2INY-. The van der Waals surface area contributed by atoms with Gasteiger partial charge in [-0.05, 0) is 5.70 Å². The number of hydrogen-bond donors (Lipinski definition) is 0. The van der Waals surface area contributed by atoms with Gasteiger partial charge in [0, 0.05) is 37.2 Å². The van der Waals surface area contributed by atoms with Gasteiger partial charge in [0.2, 0.25) is 0 Å². The summed E-state index contributed by atoms with van der Waals surface area (Å²) in [4.78, 5) is 1.51. The minimum absolute atomic E-state index is 0. The molecule has 1 aliphatic heterocycles. The zero-order valence-electron chi connectivity index (χ0n) is 10.4. The summed E-state index contributed by atoms with van der Waals surface area (Å²) in [7, 11) is 0. The van der Waals surface area contributed by atoms with E-state index in [1.165, 1.54) is 4.90 Å². The van der Waals surface area contributed by atoms with Crippen LogP contribution < -0.4 is 0 Å². The van der Waals surface area contributed by atoms with E-state index in [1.807, 2.05) is 24.3 Å². The van der Waals surface area contributed by atoms with Crippen molar-refractivity contribution in [2.75, 3.05) is 6.54 Å². The minimum Gasteiger partial charge on any atom is -0.369 e. The van der Waals surface area contributed by atoms with Crippen molar-refractivity contribution in [3.8, 4) is 0 Å². The van der Waals surface area contributed by atoms with E-state index in [0.717, 1.165) is 13.6 Å². The summed E-state index contributed by atoms with van der Waals surface area (Å²) in [6.07, 6.45) is 2.40. The van der Waals surface area contributed by atoms with Gasteiger partial charge < -0.3 is 4.90 Å². The molecule has 0 spiro atoms. The van der Waals surface area contributed by atoms with Crippen LogP contribution in [0.2, 0.25) is 0 Å². The summed E-state index contributed by atoms with van der Waals surface area (Å²) >= 11 is 5.42. The van der Waals surface area contributed by atoms with Gasteiger partial charge in [0.15, 0.2) is 0 Å². The number of nitrogens with zero attached hydrogens (tertiary/aromatic N) is 1. The van der Waals surface area contributed by atoms with Gasteiger partial charge in [-0.1, -0.05) is 49.5 Å². The second-order valence-electron chi connectivity index (χ2n) is 3.94. The topological polar surface area (TPSA) is 3.24 Å². The molecule has 20 heavy (non-hydrogen) atoms. The van der Waals surface area contributed by atoms with Crippen LogP contribution in [0, 0.1) is 6.08 Å². The maximum absolute atomic E-state index is 12.7. The van der Waals surface area contributed by atoms with Gasteiger partial charge in [-0.25, -0.2) is 8.78 Å². The largest absolute Gasteiger partial charge is 0.369 e. The standard InChI is InChI=1S/C14H10BrF2IN.Y/c1-9-12(18)6-7-13(19(9)8-14(16)17)10-2-4-11(15)5-3-10;/h2-6,14H,1,8H2;/q-1;. The fourth-order valence-electron chi connectivity index (χ4n) is 1.74. The molecule has 6 heteroatoms. The van der Waals surface area contributed by atoms with E-state index < -0.39 is 6.43 Å². The van der Waals surface area contributed by atoms with Crippen molar-refractivity contribution in [2.24, 2.45) is 0 Å². The second kappa shape index (κ2) is 8.15. The van der Waals surface area contributed by atoms with Crippen LogP contribution in [0.1, 0.15) is 5.56 Å². The molecule has 2 rings (SSSR count). The number of benzene rings is 1. The molecule has 1 nitrogen and oxygen atoms in total. The van der Waals surface area contributed by atoms with E-state index in [2.05, 4.69) is 51.2 Å². The van der Waals surface area contributed by atoms with Crippen LogP contribution in [0.25, 0.3) is 5.70 Å². The Labute approximate surface area is 164 Å². The second-order valence-corrected chi connectivity index (χ2v) is 6.02. The van der Waals surface area contributed by atoms with Crippen LogP contribution in [0.3, 0.4) is 0 Å². The van der Waals surface area contributed by atoms with E-state index in [-0.39, 0.29) is 39.3 Å². The van der Waals surface area contributed by atoms with Crippen molar-refractivity contribution in [1.29, 1.82) is 0 Å². The van der Waals surface area contributed by atoms with E-state index in [4.69, 9.17) is 0 Å². The average molecular weight is 526 g/mol. The first-order valence-corrected chi connectivity index (χ1v) is 7.36. The number of rotatable bonds is 3. The van der Waals surface area contributed by atoms with Crippen LogP contribution in [-0.2, 0) is 32.7 Å². The molecule has 0 unspecified atom stereocenters. The van der Waals surface area contributed by atoms with Crippen LogP contribution in [-0.4, -0.2) is 17.9 Å². The third-order valence-corrected chi connectivity index (χ3v) is 4.11. The number of hydrogen-bond acceptors (Lipinski definition) is 1. The first kappa shape index (κ1) is 18.5. The molecule has 0 amide bonds. The van der Waals surface area contributed by atoms with Crippen LogP contribution in [0.15, 0.2) is 50.7 Å². The summed E-state index contributed by atoms with van der Waals surface area (Å²) in [6, 6.07) is 7.47. The van der Waals surface area contributed by atoms with E-state index in [0.29, 0.717) is 11.4 Å². The molecule has 0 aliphatic carbocycles. The number of alkyl halides is 2. The van der Waals surface area contributed by atoms with Crippen molar-refractivity contribution in [3.05, 3.63) is 62.3 Å². The van der Waals surface area contributed by atoms with Gasteiger partial charge in [-0.15, -0.1) is 34.7 Å². The quantitative estimate of drug-likeness (QED) is 0.396. The van der Waals surface area contributed by atoms with Crippen LogP contribution in [0.4, 0.5) is 8.78 Å². The Morgan fingerprint density at radius 1 is 1.30 bits per heavy atom. The molecule has 103 valence electrons. The Kier molecular flexibility index (Phi) is 7.53. The van der Waals surface area contributed by atoms with Crippen molar-refractivity contribution in [3.63, 3.8) is 0 Å². The normalized spacial score (nSPS) is 14.8. The van der Waals surface area contributed by atoms with Crippen molar-refractivity contribution in [1.82, 2.24) is 4.90 Å². The minimum atomic E-state index is -2.42. The van der Waals surface area contributed by atoms with Crippen LogP contribution >= 0.6 is 38.5 Å². The average Bonchev–Trinajstić information content (AvgIpc) is 2.36. The Hall–Kier alpha value is 0.414. The predicted octanol–water partition coefficient (Wildman–Crippen LogP) is 5.00. The smallest absolute Gasteiger partial charge is 0.256 e. The molecule has 1 radical (unpaired) electrons. The molecule has 1 heterocycles. The molecule has 0 fully saturated rings. The fraction of sp³-hybridized carbons (Fsp3) is 0.143. The van der Waals surface area contributed by atoms with Gasteiger partial charge in [-0.2, -0.15) is 12.2 Å². The molecule has 0 N–H and O–H groups in total. The van der Waals surface area contributed by atoms with E-state index >= 15 is 0 Å². The third kappa shape index (κ3) is 4.45. The Morgan fingerprint density at radius 2 is 1.90 bits per heavy atom. The van der Waals surface area contributed by atoms with Crippen molar-refractivity contribution >= 4 is 44.2 Å². The molecule has 1 aromatic carbocycles. The van der Waals surface area contributed by atoms with Gasteiger partial charge in [-0.3, -0.25) is 0 Å². The van der Waals surface area contributed by atoms with Crippen molar-refractivity contribution in [2.45, 2.75) is 6.43 Å². The van der Waals surface area contributed by atoms with Gasteiger partial charge in [0.25, 0.3) is 6.43 Å². The maximum Gasteiger partial charge on any atom is 0.256 e. The zero-order chi connectivity index (χ0) is 14.0. The SMILES string of the molecule is C=C1C(I)=C[C-]=C(c2ccc(Br)cc2)N1CC(F)F.[Y]. The number of allylic oxidation sites excluding steroid dienone is 3. The van der Waals surface area contributed by atoms with Crippen LogP contribution in [0.5, 0.6) is 0 Å². The molecule has 0 aromatic heterocycles. The maximum atomic E-state index is 12.7. The van der Waals surface area contributed by atoms with Gasteiger partial charge >= 0.3 is 0 Å². The summed E-state index contributed by atoms with van der Waals surface area (Å²) in [5.74, 6) is 0. The van der Waals surface area contributed by atoms with Gasteiger partial charge in [0.1, 0.15) is 0 Å². The summed E-state index contributed by atoms with van der Waals surface area (Å²) < 4.78 is 27.2. The molecular weight excluding hydrogens is 516 g/mol. The molecule has 1 aromatic rings. The summed E-state index contributed by atoms with van der Waals surface area (Å²) in [5.41, 5.74) is 2.04. The molecule has 0 bridgehead atoms. The zero-order valence-corrected chi connectivity index (χ0v) is 17.0. The van der Waals surface area contributed by atoms with Crippen molar-refractivity contribution < 1.29 is 41.5 Å². The molecule has 0 saturated carbocycles. The van der Waals surface area contributed by atoms with E-state index in [9.17, 15) is 8.78 Å². The molecule has 1 aliphatic rings. The first-order valence-electron chi connectivity index (χ1n) is 5.49. The first-order chi connectivity index (χ1) is 8.99. The fourth-order valence-corrected chi connectivity index (χ4v) is 2.45. The summed E-state index contributed by atoms with van der Waals surface area (Å²) in [6.45, 7) is 3.49. The Bertz CT molecular complexity index is 555. The Morgan fingerprint density at radius 3 is 2.45 bits per heavy atom. The Balaban J connectivity index is 0.00000200. The monoisotopic (exact) mass is 525 g/mol. The predicted molar refractivity (Wildman–Crippen MR) is 84.7 cm³/mol. The summed E-state index contributed by atoms with van der Waals surface area (Å²) in [5, 5.41) is 0. The van der Waals surface area contributed by atoms with Gasteiger partial charge in [0.05, 0.1) is 6.54 Å². The molecule has 0 atom stereocenters. The molecule has 0 saturated heterocycles. The van der Waals surface area contributed by atoms with E-state index in [1.54, 1.807) is 6.08 Å².